The highest BCUT2D eigenvalue weighted by Crippen LogP contribution is 1.99. The lowest BCUT2D eigenvalue weighted by molar-refractivity contribution is 0.0958. The lowest BCUT2D eigenvalue weighted by Gasteiger charge is -1.89. The maximum Gasteiger partial charge on any atom is 0.200 e. The highest BCUT2D eigenvalue weighted by Gasteiger charge is 2.06. The van der Waals surface area contributed by atoms with Crippen LogP contribution in [0.5, 0.6) is 0 Å². The molecule has 10 heavy (non-hydrogen) atoms. The molecular weight excluding hydrogens is 132 g/mol. The maximum atomic E-state index is 10.9. The molecule has 54 valence electrons. The summed E-state index contributed by atoms with van der Waals surface area (Å²) in [6.07, 6.45) is 2.93. The number of ketones is 1. The van der Waals surface area contributed by atoms with Gasteiger partial charge in [-0.15, -0.1) is 0 Å². The molecule has 1 aromatic rings. The number of aromatic nitrogens is 1. The summed E-state index contributed by atoms with van der Waals surface area (Å²) in [6.45, 7) is 0.347. The van der Waals surface area contributed by atoms with Crippen LogP contribution < -0.4 is 5.73 Å². The van der Waals surface area contributed by atoms with Gasteiger partial charge in [-0.2, -0.15) is 0 Å². The van der Waals surface area contributed by atoms with Crippen LogP contribution >= 0.6 is 0 Å². The van der Waals surface area contributed by atoms with Crippen molar-refractivity contribution in [2.24, 2.45) is 5.73 Å². The summed E-state index contributed by atoms with van der Waals surface area (Å²) in [7, 11) is 0. The second-order valence-electron chi connectivity index (χ2n) is 1.83. The van der Waals surface area contributed by atoms with Crippen molar-refractivity contribution in [2.75, 3.05) is 6.54 Å². The second-order valence-corrected chi connectivity index (χ2v) is 1.83. The van der Waals surface area contributed by atoms with Crippen molar-refractivity contribution in [3.8, 4) is 0 Å². The Morgan fingerprint density at radius 3 is 3.10 bits per heavy atom. The third kappa shape index (κ3) is 1.41. The molecule has 0 bridgehead atoms. The fraction of sp³-hybridized carbons (Fsp3) is 0.333. The third-order valence-electron chi connectivity index (χ3n) is 1.08. The van der Waals surface area contributed by atoms with Gasteiger partial charge < -0.3 is 10.2 Å². The van der Waals surface area contributed by atoms with Gasteiger partial charge in [-0.25, -0.2) is 4.98 Å². The molecule has 4 nitrogen and oxygen atoms in total. The molecule has 0 atom stereocenters. The maximum absolute atomic E-state index is 10.9. The number of oxazole rings is 1. The van der Waals surface area contributed by atoms with Crippen LogP contribution in [0.15, 0.2) is 17.0 Å². The summed E-state index contributed by atoms with van der Waals surface area (Å²) in [4.78, 5) is 14.5. The summed E-state index contributed by atoms with van der Waals surface area (Å²) in [5, 5.41) is 0. The van der Waals surface area contributed by atoms with Crippen LogP contribution in [-0.4, -0.2) is 17.3 Å². The number of nitrogens with zero attached hydrogens (tertiary/aromatic N) is 1. The van der Waals surface area contributed by atoms with E-state index in [1.165, 1.54) is 12.6 Å². The fourth-order valence-corrected chi connectivity index (χ4v) is 0.608. The molecule has 1 aromatic heterocycles. The standard InChI is InChI=1S/C6H8N2O2/c7-2-1-5(9)6-3-8-4-10-6/h3-4H,1-2,7H2. The van der Waals surface area contributed by atoms with E-state index in [1.807, 2.05) is 0 Å². The minimum Gasteiger partial charge on any atom is -0.440 e. The first-order chi connectivity index (χ1) is 4.84. The highest BCUT2D eigenvalue weighted by molar-refractivity contribution is 5.93. The highest BCUT2D eigenvalue weighted by atomic mass is 16.3. The topological polar surface area (TPSA) is 69.1 Å². The second kappa shape index (κ2) is 3.12. The van der Waals surface area contributed by atoms with E-state index in [9.17, 15) is 4.79 Å². The first-order valence-electron chi connectivity index (χ1n) is 2.96. The Bertz CT molecular complexity index is 206. The molecule has 0 aliphatic heterocycles. The van der Waals surface area contributed by atoms with Crippen molar-refractivity contribution >= 4 is 5.78 Å². The zero-order valence-electron chi connectivity index (χ0n) is 5.41. The molecule has 4 heteroatoms. The van der Waals surface area contributed by atoms with Crippen LogP contribution in [0.25, 0.3) is 0 Å². The van der Waals surface area contributed by atoms with Crippen LogP contribution in [0, 0.1) is 0 Å². The van der Waals surface area contributed by atoms with E-state index in [0.29, 0.717) is 13.0 Å². The summed E-state index contributed by atoms with van der Waals surface area (Å²) in [5.74, 6) is 0.186. The molecule has 0 saturated carbocycles. The molecule has 0 aliphatic carbocycles. The van der Waals surface area contributed by atoms with Gasteiger partial charge in [0.25, 0.3) is 0 Å². The monoisotopic (exact) mass is 140 g/mol. The Kier molecular flexibility index (Phi) is 2.17. The number of Topliss-reactive ketones (excluding diaryl/α,β-unsaturated/α-hetero) is 1. The van der Waals surface area contributed by atoms with Crippen LogP contribution in [0.4, 0.5) is 0 Å². The Morgan fingerprint density at radius 2 is 2.60 bits per heavy atom. The van der Waals surface area contributed by atoms with Crippen LogP contribution in [-0.2, 0) is 0 Å². The number of hydrogen-bond donors (Lipinski definition) is 1. The zero-order valence-corrected chi connectivity index (χ0v) is 5.41. The number of hydrogen-bond acceptors (Lipinski definition) is 4. The molecule has 0 amide bonds. The van der Waals surface area contributed by atoms with Gasteiger partial charge in [-0.3, -0.25) is 4.79 Å². The van der Waals surface area contributed by atoms with Gasteiger partial charge >= 0.3 is 0 Å². The van der Waals surface area contributed by atoms with Crippen molar-refractivity contribution in [2.45, 2.75) is 6.42 Å². The van der Waals surface area contributed by atoms with Crippen molar-refractivity contribution in [3.05, 3.63) is 18.4 Å². The van der Waals surface area contributed by atoms with Crippen LogP contribution in [0.3, 0.4) is 0 Å². The quantitative estimate of drug-likeness (QED) is 0.609. The molecular formula is C6H8N2O2. The minimum absolute atomic E-state index is 0.0972. The molecule has 0 unspecified atom stereocenters. The Hall–Kier alpha value is -1.16. The first-order valence-corrected chi connectivity index (χ1v) is 2.96. The van der Waals surface area contributed by atoms with Crippen molar-refractivity contribution in [3.63, 3.8) is 0 Å². The van der Waals surface area contributed by atoms with E-state index in [-0.39, 0.29) is 11.5 Å². The smallest absolute Gasteiger partial charge is 0.200 e. The molecule has 0 radical (unpaired) electrons. The lowest BCUT2D eigenvalue weighted by atomic mass is 10.2. The SMILES string of the molecule is NCCC(=O)c1cnco1. The predicted molar refractivity (Wildman–Crippen MR) is 34.5 cm³/mol. The number of carbonyl (C=O) groups excluding carboxylic acids is 1. The van der Waals surface area contributed by atoms with Crippen LogP contribution in [0.2, 0.25) is 0 Å². The van der Waals surface area contributed by atoms with E-state index < -0.39 is 0 Å². The molecule has 2 N–H and O–H groups in total. The average Bonchev–Trinajstić information content (AvgIpc) is 2.38. The number of rotatable bonds is 3. The zero-order chi connectivity index (χ0) is 7.40. The molecule has 0 saturated heterocycles. The minimum atomic E-state index is -0.0972. The van der Waals surface area contributed by atoms with Crippen molar-refractivity contribution in [1.82, 2.24) is 4.98 Å². The van der Waals surface area contributed by atoms with Gasteiger partial charge in [-0.05, 0) is 6.54 Å². The summed E-state index contributed by atoms with van der Waals surface area (Å²) in [6, 6.07) is 0. The van der Waals surface area contributed by atoms with Gasteiger partial charge in [0.15, 0.2) is 12.2 Å². The summed E-state index contributed by atoms with van der Waals surface area (Å²) < 4.78 is 4.73. The van der Waals surface area contributed by atoms with Gasteiger partial charge in [0.2, 0.25) is 5.78 Å². The van der Waals surface area contributed by atoms with Gasteiger partial charge in [0.05, 0.1) is 6.20 Å². The number of nitrogens with two attached hydrogens (primary N) is 1. The van der Waals surface area contributed by atoms with E-state index in [1.54, 1.807) is 0 Å². The molecule has 0 spiro atoms. The largest absolute Gasteiger partial charge is 0.440 e. The Balaban J connectivity index is 2.59. The Morgan fingerprint density at radius 1 is 1.80 bits per heavy atom. The van der Waals surface area contributed by atoms with E-state index in [2.05, 4.69) is 4.98 Å². The normalized spacial score (nSPS) is 9.70. The predicted octanol–water partition coefficient (Wildman–Crippen LogP) is 0.206. The average molecular weight is 140 g/mol. The summed E-state index contributed by atoms with van der Waals surface area (Å²) >= 11 is 0. The van der Waals surface area contributed by atoms with E-state index >= 15 is 0 Å². The molecule has 1 rings (SSSR count). The van der Waals surface area contributed by atoms with Gasteiger partial charge in [0, 0.05) is 6.42 Å². The third-order valence-corrected chi connectivity index (χ3v) is 1.08. The van der Waals surface area contributed by atoms with Crippen molar-refractivity contribution in [1.29, 1.82) is 0 Å². The number of carbonyl (C=O) groups is 1. The van der Waals surface area contributed by atoms with E-state index in [0.717, 1.165) is 0 Å². The lowest BCUT2D eigenvalue weighted by Crippen LogP contribution is -2.06. The van der Waals surface area contributed by atoms with E-state index in [4.69, 9.17) is 10.2 Å². The van der Waals surface area contributed by atoms with Gasteiger partial charge in [-0.1, -0.05) is 0 Å². The van der Waals surface area contributed by atoms with Crippen LogP contribution in [0.1, 0.15) is 17.0 Å². The van der Waals surface area contributed by atoms with Crippen molar-refractivity contribution < 1.29 is 9.21 Å². The molecule has 0 aromatic carbocycles. The first kappa shape index (κ1) is 6.95. The molecule has 0 aliphatic rings. The Labute approximate surface area is 58.0 Å². The molecule has 1 heterocycles. The fourth-order valence-electron chi connectivity index (χ4n) is 0.608. The van der Waals surface area contributed by atoms with Gasteiger partial charge in [0.1, 0.15) is 0 Å². The summed E-state index contributed by atoms with van der Waals surface area (Å²) in [5.41, 5.74) is 5.15. The molecule has 0 fully saturated rings.